The molecule has 0 radical (unpaired) electrons. The molecule has 0 bridgehead atoms. The predicted octanol–water partition coefficient (Wildman–Crippen LogP) is 10.6. The summed E-state index contributed by atoms with van der Waals surface area (Å²) in [6.07, 6.45) is 1.86. The summed E-state index contributed by atoms with van der Waals surface area (Å²) < 4.78 is 2.43. The van der Waals surface area contributed by atoms with Crippen LogP contribution in [0, 0.1) is 6.92 Å². The van der Waals surface area contributed by atoms with Gasteiger partial charge < -0.3 is 4.57 Å². The molecule has 0 saturated heterocycles. The molecule has 1 aliphatic carbocycles. The van der Waals surface area contributed by atoms with E-state index in [-0.39, 0.29) is 5.78 Å². The second-order valence-corrected chi connectivity index (χ2v) is 12.6. The van der Waals surface area contributed by atoms with Crippen LogP contribution in [0.3, 0.4) is 0 Å². The largest absolute Gasteiger partial charge is 0.309 e. The average Bonchev–Trinajstić information content (AvgIpc) is 3.45. The monoisotopic (exact) mass is 589 g/mol. The number of benzene rings is 7. The minimum Gasteiger partial charge on any atom is -0.309 e. The Kier molecular flexibility index (Phi) is 6.04. The quantitative estimate of drug-likeness (QED) is 0.187. The molecule has 46 heavy (non-hydrogen) atoms. The number of hydrogen-bond acceptors (Lipinski definition) is 1. The lowest BCUT2D eigenvalue weighted by Crippen LogP contribution is -2.08. The minimum absolute atomic E-state index is 0.0544. The van der Waals surface area contributed by atoms with Gasteiger partial charge in [0.2, 0.25) is 0 Å². The van der Waals surface area contributed by atoms with Crippen LogP contribution in [0.1, 0.15) is 43.7 Å². The van der Waals surface area contributed by atoms with Crippen LogP contribution in [-0.2, 0) is 12.8 Å². The maximum absolute atomic E-state index is 12.9. The van der Waals surface area contributed by atoms with Crippen molar-refractivity contribution in [2.24, 2.45) is 0 Å². The maximum Gasteiger partial charge on any atom is 0.193 e. The Morgan fingerprint density at radius 2 is 1.20 bits per heavy atom. The van der Waals surface area contributed by atoms with E-state index in [2.05, 4.69) is 115 Å². The van der Waals surface area contributed by atoms with Gasteiger partial charge in [0.1, 0.15) is 0 Å². The normalized spacial score (nSPS) is 12.4. The summed E-state index contributed by atoms with van der Waals surface area (Å²) in [5.74, 6) is 0.0544. The van der Waals surface area contributed by atoms with Crippen LogP contribution in [0.15, 0.2) is 146 Å². The Balaban J connectivity index is 1.04. The van der Waals surface area contributed by atoms with Crippen molar-refractivity contribution in [3.05, 3.63) is 185 Å². The van der Waals surface area contributed by atoms with E-state index in [4.69, 9.17) is 0 Å². The lowest BCUT2D eigenvalue weighted by molar-refractivity contribution is 0.103. The minimum atomic E-state index is 0.0544. The Bertz CT molecular complexity index is 2480. The second-order valence-electron chi connectivity index (χ2n) is 12.6. The van der Waals surface area contributed by atoms with E-state index < -0.39 is 0 Å². The van der Waals surface area contributed by atoms with E-state index in [1.54, 1.807) is 0 Å². The Hall–Kier alpha value is -5.73. The van der Waals surface area contributed by atoms with Crippen LogP contribution >= 0.6 is 0 Å². The number of aromatic nitrogens is 1. The van der Waals surface area contributed by atoms with Crippen molar-refractivity contribution in [3.63, 3.8) is 0 Å². The number of nitrogens with zero attached hydrogens (tertiary/aromatic N) is 1. The summed E-state index contributed by atoms with van der Waals surface area (Å²) in [4.78, 5) is 12.9. The van der Waals surface area contributed by atoms with Gasteiger partial charge in [-0.1, -0.05) is 127 Å². The van der Waals surface area contributed by atoms with Crippen molar-refractivity contribution in [3.8, 4) is 16.8 Å². The third-order valence-corrected chi connectivity index (χ3v) is 9.78. The van der Waals surface area contributed by atoms with Crippen LogP contribution in [0.5, 0.6) is 0 Å². The highest BCUT2D eigenvalue weighted by Crippen LogP contribution is 2.37. The molecule has 0 saturated carbocycles. The number of hydrogen-bond donors (Lipinski definition) is 0. The van der Waals surface area contributed by atoms with Crippen LogP contribution in [-0.4, -0.2) is 10.4 Å². The summed E-state index contributed by atoms with van der Waals surface area (Å²) in [6.45, 7) is 2.21. The average molecular weight is 590 g/mol. The number of aryl methyl sites for hydroxylation is 1. The van der Waals surface area contributed by atoms with Gasteiger partial charge in [-0.05, 0) is 87.7 Å². The fourth-order valence-corrected chi connectivity index (χ4v) is 7.43. The lowest BCUT2D eigenvalue weighted by atomic mass is 9.83. The molecule has 7 aromatic carbocycles. The third-order valence-electron chi connectivity index (χ3n) is 9.78. The van der Waals surface area contributed by atoms with E-state index in [9.17, 15) is 4.79 Å². The zero-order valence-corrected chi connectivity index (χ0v) is 25.6. The summed E-state index contributed by atoms with van der Waals surface area (Å²) in [7, 11) is 0. The fourth-order valence-electron chi connectivity index (χ4n) is 7.43. The molecule has 218 valence electrons. The number of rotatable bonds is 4. The molecule has 0 unspecified atom stereocenters. The van der Waals surface area contributed by atoms with Gasteiger partial charge in [-0.15, -0.1) is 0 Å². The standard InChI is InChI=1S/C44H31NO/c1-28-8-7-12-41-40-11-5-6-13-42(40)45(43(28)41)39-21-20-34-24-36-25-35-22-32(18-19-33(35)23-37(36)26-38(34)27-39)29-14-16-31(17-15-29)44(46)30-9-3-2-4-10-30/h2-22,24,26-27H,23,25H2,1H3. The van der Waals surface area contributed by atoms with Crippen molar-refractivity contribution in [1.29, 1.82) is 0 Å². The number of fused-ring (bicyclic) bond motifs is 6. The molecule has 0 atom stereocenters. The van der Waals surface area contributed by atoms with Gasteiger partial charge in [-0.25, -0.2) is 0 Å². The zero-order chi connectivity index (χ0) is 30.8. The number of ketones is 1. The van der Waals surface area contributed by atoms with Gasteiger partial charge in [-0.3, -0.25) is 4.79 Å². The third kappa shape index (κ3) is 4.29. The Morgan fingerprint density at radius 1 is 0.522 bits per heavy atom. The summed E-state index contributed by atoms with van der Waals surface area (Å²) in [5.41, 5.74) is 14.3. The number of para-hydroxylation sites is 2. The predicted molar refractivity (Wildman–Crippen MR) is 190 cm³/mol. The molecule has 8 aromatic rings. The van der Waals surface area contributed by atoms with E-state index >= 15 is 0 Å². The summed E-state index contributed by atoms with van der Waals surface area (Å²) in [5, 5.41) is 5.15. The molecule has 9 rings (SSSR count). The zero-order valence-electron chi connectivity index (χ0n) is 25.6. The van der Waals surface area contributed by atoms with E-state index in [0.717, 1.165) is 18.4 Å². The molecule has 0 spiro atoms. The summed E-state index contributed by atoms with van der Waals surface area (Å²) in [6, 6.07) is 51.4. The highest BCUT2D eigenvalue weighted by atomic mass is 16.1. The van der Waals surface area contributed by atoms with Crippen LogP contribution in [0.4, 0.5) is 0 Å². The first-order chi connectivity index (χ1) is 22.6. The van der Waals surface area contributed by atoms with Gasteiger partial charge in [-0.2, -0.15) is 0 Å². The van der Waals surface area contributed by atoms with Gasteiger partial charge >= 0.3 is 0 Å². The molecular formula is C44H31NO. The molecule has 0 N–H and O–H groups in total. The molecule has 1 aromatic heterocycles. The van der Waals surface area contributed by atoms with Crippen molar-refractivity contribution < 1.29 is 4.79 Å². The van der Waals surface area contributed by atoms with E-state index in [1.165, 1.54) is 71.6 Å². The first kappa shape index (κ1) is 26.7. The highest BCUT2D eigenvalue weighted by Gasteiger charge is 2.19. The SMILES string of the molecule is Cc1cccc2c3ccccc3n(-c3ccc4cc5c(cc4c3)Cc3ccc(-c4ccc(C(=O)c6ccccc6)cc4)cc3C5)c12. The summed E-state index contributed by atoms with van der Waals surface area (Å²) >= 11 is 0. The number of carbonyl (C=O) groups excluding carboxylic acids is 1. The smallest absolute Gasteiger partial charge is 0.193 e. The van der Waals surface area contributed by atoms with E-state index in [1.807, 2.05) is 42.5 Å². The second kappa shape index (κ2) is 10.4. The van der Waals surface area contributed by atoms with Crippen molar-refractivity contribution >= 4 is 38.4 Å². The van der Waals surface area contributed by atoms with Crippen LogP contribution in [0.2, 0.25) is 0 Å². The van der Waals surface area contributed by atoms with E-state index in [0.29, 0.717) is 11.1 Å². The molecule has 1 aliphatic rings. The molecule has 2 nitrogen and oxygen atoms in total. The topological polar surface area (TPSA) is 22.0 Å². The van der Waals surface area contributed by atoms with Crippen LogP contribution in [0.25, 0.3) is 49.4 Å². The maximum atomic E-state index is 12.9. The van der Waals surface area contributed by atoms with Gasteiger partial charge in [0.25, 0.3) is 0 Å². The molecule has 2 heteroatoms. The Labute approximate surface area is 268 Å². The fraction of sp³-hybridized carbons (Fsp3) is 0.0682. The van der Waals surface area contributed by atoms with Gasteiger partial charge in [0, 0.05) is 27.6 Å². The van der Waals surface area contributed by atoms with Crippen molar-refractivity contribution in [2.45, 2.75) is 19.8 Å². The Morgan fingerprint density at radius 3 is 2.04 bits per heavy atom. The highest BCUT2D eigenvalue weighted by molar-refractivity contribution is 6.11. The first-order valence-electron chi connectivity index (χ1n) is 16.0. The van der Waals surface area contributed by atoms with Crippen molar-refractivity contribution in [2.75, 3.05) is 0 Å². The molecule has 1 heterocycles. The molecule has 0 fully saturated rings. The molecular weight excluding hydrogens is 558 g/mol. The number of carbonyl (C=O) groups is 1. The van der Waals surface area contributed by atoms with Gasteiger partial charge in [0.15, 0.2) is 5.78 Å². The van der Waals surface area contributed by atoms with Gasteiger partial charge in [0.05, 0.1) is 11.0 Å². The first-order valence-corrected chi connectivity index (χ1v) is 16.0. The molecule has 0 aliphatic heterocycles. The van der Waals surface area contributed by atoms with Crippen LogP contribution < -0.4 is 0 Å². The van der Waals surface area contributed by atoms with Crippen molar-refractivity contribution in [1.82, 2.24) is 4.57 Å². The molecule has 0 amide bonds. The lowest BCUT2D eigenvalue weighted by Gasteiger charge is -2.22.